The standard InChI is InChI=1S/C24H18ClNO3/c1-15-3-2-4-17(11-15)23-14-21(27)20-13-19(9-10-22(20)29-23)26-24(28)12-16-5-7-18(25)8-6-16/h2-11,13-14H,12H2,1H3,(H,26,28). The van der Waals surface area contributed by atoms with Crippen LogP contribution in [0.25, 0.3) is 22.3 Å². The largest absolute Gasteiger partial charge is 0.456 e. The molecule has 0 fully saturated rings. The van der Waals surface area contributed by atoms with Crippen molar-refractivity contribution in [2.24, 2.45) is 0 Å². The van der Waals surface area contributed by atoms with Gasteiger partial charge in [0, 0.05) is 22.3 Å². The molecule has 4 rings (SSSR count). The van der Waals surface area contributed by atoms with Crippen molar-refractivity contribution in [3.63, 3.8) is 0 Å². The molecular formula is C24H18ClNO3. The van der Waals surface area contributed by atoms with E-state index in [2.05, 4.69) is 5.32 Å². The first-order valence-electron chi connectivity index (χ1n) is 9.17. The van der Waals surface area contributed by atoms with Crippen LogP contribution in [0.4, 0.5) is 5.69 Å². The second kappa shape index (κ2) is 7.94. The molecule has 0 spiro atoms. The molecule has 1 aromatic heterocycles. The van der Waals surface area contributed by atoms with Crippen LogP contribution in [0.1, 0.15) is 11.1 Å². The highest BCUT2D eigenvalue weighted by Gasteiger charge is 2.10. The summed E-state index contributed by atoms with van der Waals surface area (Å²) in [5, 5.41) is 3.87. The second-order valence-electron chi connectivity index (χ2n) is 6.91. The fourth-order valence-electron chi connectivity index (χ4n) is 3.17. The molecule has 1 heterocycles. The molecule has 0 atom stereocenters. The third-order valence-electron chi connectivity index (χ3n) is 4.59. The molecule has 0 saturated carbocycles. The Bertz CT molecular complexity index is 1260. The number of anilines is 1. The predicted octanol–water partition coefficient (Wildman–Crippen LogP) is 5.60. The first-order chi connectivity index (χ1) is 14.0. The van der Waals surface area contributed by atoms with Gasteiger partial charge in [0.1, 0.15) is 11.3 Å². The van der Waals surface area contributed by atoms with E-state index in [0.717, 1.165) is 16.7 Å². The number of fused-ring (bicyclic) bond motifs is 1. The van der Waals surface area contributed by atoms with Crippen molar-refractivity contribution in [1.29, 1.82) is 0 Å². The predicted molar refractivity (Wildman–Crippen MR) is 116 cm³/mol. The molecule has 0 bridgehead atoms. The lowest BCUT2D eigenvalue weighted by Crippen LogP contribution is -2.14. The van der Waals surface area contributed by atoms with Gasteiger partial charge in [-0.2, -0.15) is 0 Å². The number of aryl methyl sites for hydroxylation is 1. The van der Waals surface area contributed by atoms with Crippen molar-refractivity contribution in [1.82, 2.24) is 0 Å². The Labute approximate surface area is 172 Å². The molecule has 0 aliphatic carbocycles. The molecule has 3 aromatic carbocycles. The minimum Gasteiger partial charge on any atom is -0.456 e. The summed E-state index contributed by atoms with van der Waals surface area (Å²) < 4.78 is 5.93. The first-order valence-corrected chi connectivity index (χ1v) is 9.55. The van der Waals surface area contributed by atoms with Crippen LogP contribution in [0, 0.1) is 6.92 Å². The molecule has 1 amide bonds. The summed E-state index contributed by atoms with van der Waals surface area (Å²) in [7, 11) is 0. The zero-order valence-electron chi connectivity index (χ0n) is 15.7. The van der Waals surface area contributed by atoms with E-state index in [-0.39, 0.29) is 17.8 Å². The molecule has 4 aromatic rings. The molecule has 1 N–H and O–H groups in total. The highest BCUT2D eigenvalue weighted by atomic mass is 35.5. The van der Waals surface area contributed by atoms with Crippen LogP contribution in [-0.4, -0.2) is 5.91 Å². The smallest absolute Gasteiger partial charge is 0.228 e. The third kappa shape index (κ3) is 4.39. The Balaban J connectivity index is 1.58. The fraction of sp³-hybridized carbons (Fsp3) is 0.0833. The van der Waals surface area contributed by atoms with Crippen molar-refractivity contribution in [2.45, 2.75) is 13.3 Å². The summed E-state index contributed by atoms with van der Waals surface area (Å²) in [5.41, 5.74) is 3.66. The minimum atomic E-state index is -0.174. The summed E-state index contributed by atoms with van der Waals surface area (Å²) in [6.45, 7) is 1.99. The Morgan fingerprint density at radius 2 is 1.79 bits per heavy atom. The van der Waals surface area contributed by atoms with E-state index in [1.54, 1.807) is 30.3 Å². The second-order valence-corrected chi connectivity index (χ2v) is 7.34. The average Bonchev–Trinajstić information content (AvgIpc) is 2.70. The lowest BCUT2D eigenvalue weighted by Gasteiger charge is -2.08. The van der Waals surface area contributed by atoms with Crippen LogP contribution >= 0.6 is 11.6 Å². The quantitative estimate of drug-likeness (QED) is 0.482. The summed E-state index contributed by atoms with van der Waals surface area (Å²) >= 11 is 5.87. The van der Waals surface area contributed by atoms with Gasteiger partial charge in [-0.3, -0.25) is 9.59 Å². The lowest BCUT2D eigenvalue weighted by atomic mass is 10.1. The van der Waals surface area contributed by atoms with E-state index >= 15 is 0 Å². The SMILES string of the molecule is Cc1cccc(-c2cc(=O)c3cc(NC(=O)Cc4ccc(Cl)cc4)ccc3o2)c1. The van der Waals surface area contributed by atoms with Crippen LogP contribution in [0.3, 0.4) is 0 Å². The zero-order chi connectivity index (χ0) is 20.4. The summed E-state index contributed by atoms with van der Waals surface area (Å²) in [4.78, 5) is 24.9. The maximum Gasteiger partial charge on any atom is 0.228 e. The first kappa shape index (κ1) is 19.0. The molecule has 0 aliphatic rings. The van der Waals surface area contributed by atoms with E-state index in [1.165, 1.54) is 6.07 Å². The number of hydrogen-bond acceptors (Lipinski definition) is 3. The average molecular weight is 404 g/mol. The Morgan fingerprint density at radius 1 is 1.00 bits per heavy atom. The van der Waals surface area contributed by atoms with Crippen LogP contribution in [0.2, 0.25) is 5.02 Å². The van der Waals surface area contributed by atoms with Crippen LogP contribution in [0.15, 0.2) is 82.0 Å². The molecule has 5 heteroatoms. The molecule has 0 saturated heterocycles. The maximum atomic E-state index is 12.6. The third-order valence-corrected chi connectivity index (χ3v) is 4.84. The monoisotopic (exact) mass is 403 g/mol. The summed E-state index contributed by atoms with van der Waals surface area (Å²) in [5.74, 6) is 0.346. The zero-order valence-corrected chi connectivity index (χ0v) is 16.5. The normalized spacial score (nSPS) is 10.8. The highest BCUT2D eigenvalue weighted by molar-refractivity contribution is 6.30. The Morgan fingerprint density at radius 3 is 2.55 bits per heavy atom. The molecule has 0 radical (unpaired) electrons. The minimum absolute atomic E-state index is 0.156. The molecule has 4 nitrogen and oxygen atoms in total. The van der Waals surface area contributed by atoms with Gasteiger partial charge in [-0.1, -0.05) is 47.5 Å². The van der Waals surface area contributed by atoms with Crippen molar-refractivity contribution >= 4 is 34.2 Å². The van der Waals surface area contributed by atoms with Crippen molar-refractivity contribution in [3.8, 4) is 11.3 Å². The van der Waals surface area contributed by atoms with E-state index in [9.17, 15) is 9.59 Å². The van der Waals surface area contributed by atoms with Gasteiger partial charge >= 0.3 is 0 Å². The van der Waals surface area contributed by atoms with Crippen molar-refractivity contribution in [2.75, 3.05) is 5.32 Å². The van der Waals surface area contributed by atoms with Crippen LogP contribution in [-0.2, 0) is 11.2 Å². The number of carbonyl (C=O) groups is 1. The van der Waals surface area contributed by atoms with Gasteiger partial charge in [-0.25, -0.2) is 0 Å². The number of amides is 1. The van der Waals surface area contributed by atoms with Gasteiger partial charge in [-0.05, 0) is 48.9 Å². The molecule has 29 heavy (non-hydrogen) atoms. The molecule has 0 unspecified atom stereocenters. The number of nitrogens with one attached hydrogen (secondary N) is 1. The summed E-state index contributed by atoms with van der Waals surface area (Å²) in [6, 6.07) is 21.5. The Kier molecular flexibility index (Phi) is 5.19. The van der Waals surface area contributed by atoms with E-state index in [1.807, 2.05) is 43.3 Å². The number of rotatable bonds is 4. The topological polar surface area (TPSA) is 59.3 Å². The van der Waals surface area contributed by atoms with Gasteiger partial charge in [0.15, 0.2) is 5.43 Å². The molecule has 144 valence electrons. The molecular weight excluding hydrogens is 386 g/mol. The van der Waals surface area contributed by atoms with E-state index < -0.39 is 0 Å². The number of benzene rings is 3. The van der Waals surface area contributed by atoms with Crippen LogP contribution < -0.4 is 10.7 Å². The fourth-order valence-corrected chi connectivity index (χ4v) is 3.29. The number of carbonyl (C=O) groups excluding carboxylic acids is 1. The van der Waals surface area contributed by atoms with E-state index in [0.29, 0.717) is 27.4 Å². The van der Waals surface area contributed by atoms with Gasteiger partial charge < -0.3 is 9.73 Å². The van der Waals surface area contributed by atoms with Gasteiger partial charge in [0.05, 0.1) is 11.8 Å². The highest BCUT2D eigenvalue weighted by Crippen LogP contribution is 2.24. The number of halogens is 1. The van der Waals surface area contributed by atoms with Gasteiger partial charge in [0.25, 0.3) is 0 Å². The van der Waals surface area contributed by atoms with E-state index in [4.69, 9.17) is 16.0 Å². The van der Waals surface area contributed by atoms with Crippen LogP contribution in [0.5, 0.6) is 0 Å². The summed E-state index contributed by atoms with van der Waals surface area (Å²) in [6.07, 6.45) is 0.218. The maximum absolute atomic E-state index is 12.6. The van der Waals surface area contributed by atoms with Gasteiger partial charge in [-0.15, -0.1) is 0 Å². The molecule has 0 aliphatic heterocycles. The lowest BCUT2D eigenvalue weighted by molar-refractivity contribution is -0.115. The Hall–Kier alpha value is -3.37. The number of hydrogen-bond donors (Lipinski definition) is 1. The van der Waals surface area contributed by atoms with Crippen molar-refractivity contribution in [3.05, 3.63) is 99.2 Å². The van der Waals surface area contributed by atoms with Gasteiger partial charge in [0.2, 0.25) is 5.91 Å². The van der Waals surface area contributed by atoms with Crippen molar-refractivity contribution < 1.29 is 9.21 Å².